The van der Waals surface area contributed by atoms with Crippen LogP contribution in [0.5, 0.6) is 0 Å². The normalized spacial score (nSPS) is 14.5. The van der Waals surface area contributed by atoms with Crippen LogP contribution in [0, 0.1) is 10.1 Å². The van der Waals surface area contributed by atoms with Crippen LogP contribution in [-0.4, -0.2) is 28.2 Å². The number of hydrogen-bond donors (Lipinski definition) is 1. The van der Waals surface area contributed by atoms with Gasteiger partial charge in [-0.05, 0) is 47.2 Å². The maximum atomic E-state index is 13.0. The fraction of sp³-hybridized carbons (Fsp3) is 0.304. The Hall–Kier alpha value is -3.48. The number of amides is 2. The first-order chi connectivity index (χ1) is 14.1. The van der Waals surface area contributed by atoms with Gasteiger partial charge in [0, 0.05) is 24.4 Å². The fourth-order valence-corrected chi connectivity index (χ4v) is 3.33. The quantitative estimate of drug-likeness (QED) is 0.432. The highest BCUT2D eigenvalue weighted by atomic mass is 16.6. The molecule has 0 atom stereocenters. The van der Waals surface area contributed by atoms with Gasteiger partial charge in [-0.2, -0.15) is 0 Å². The van der Waals surface area contributed by atoms with Crippen LogP contribution in [0.1, 0.15) is 45.2 Å². The van der Waals surface area contributed by atoms with Gasteiger partial charge in [-0.3, -0.25) is 24.6 Å². The third-order valence-electron chi connectivity index (χ3n) is 5.00. The Balaban J connectivity index is 2.02. The molecule has 1 aliphatic heterocycles. The molecule has 156 valence electrons. The van der Waals surface area contributed by atoms with Gasteiger partial charge in [0.25, 0.3) is 17.5 Å². The topological polar surface area (TPSA) is 92.6 Å². The highest BCUT2D eigenvalue weighted by Gasteiger charge is 2.38. The molecule has 2 aromatic carbocycles. The first-order valence-corrected chi connectivity index (χ1v) is 9.86. The molecular weight excluding hydrogens is 382 g/mol. The van der Waals surface area contributed by atoms with Crippen molar-refractivity contribution in [3.63, 3.8) is 0 Å². The molecule has 1 heterocycles. The van der Waals surface area contributed by atoms with Crippen LogP contribution in [0.4, 0.5) is 11.4 Å². The molecule has 3 rings (SSSR count). The maximum absolute atomic E-state index is 13.0. The standard InChI is InChI=1S/C23H25N3O4/c1-5-14-25-21(27)19(15-6-12-18(13-7-15)26(29)30)20(22(25)28)24-17-10-8-16(9-11-17)23(2,3)4/h6-13,24H,5,14H2,1-4H3. The minimum atomic E-state index is -0.501. The number of nitro groups is 1. The smallest absolute Gasteiger partial charge is 0.278 e. The van der Waals surface area contributed by atoms with Crippen molar-refractivity contribution < 1.29 is 14.5 Å². The molecule has 1 N–H and O–H groups in total. The van der Waals surface area contributed by atoms with Crippen LogP contribution < -0.4 is 5.32 Å². The molecule has 30 heavy (non-hydrogen) atoms. The van der Waals surface area contributed by atoms with E-state index in [1.807, 2.05) is 31.2 Å². The van der Waals surface area contributed by atoms with E-state index in [2.05, 4.69) is 26.1 Å². The molecule has 0 spiro atoms. The van der Waals surface area contributed by atoms with Crippen LogP contribution in [-0.2, 0) is 15.0 Å². The summed E-state index contributed by atoms with van der Waals surface area (Å²) in [6, 6.07) is 13.4. The van der Waals surface area contributed by atoms with E-state index in [0.717, 1.165) is 5.56 Å². The number of anilines is 1. The third-order valence-corrected chi connectivity index (χ3v) is 5.00. The lowest BCUT2D eigenvalue weighted by molar-refractivity contribution is -0.384. The summed E-state index contributed by atoms with van der Waals surface area (Å²) in [6.07, 6.45) is 0.637. The number of nitro benzene ring substituents is 1. The summed E-state index contributed by atoms with van der Waals surface area (Å²) in [5.74, 6) is -0.792. The Bertz CT molecular complexity index is 1020. The predicted molar refractivity (Wildman–Crippen MR) is 116 cm³/mol. The summed E-state index contributed by atoms with van der Waals surface area (Å²) in [5, 5.41) is 14.1. The Morgan fingerprint density at radius 2 is 1.57 bits per heavy atom. The zero-order chi connectivity index (χ0) is 22.1. The van der Waals surface area contributed by atoms with Crippen LogP contribution in [0.2, 0.25) is 0 Å². The van der Waals surface area contributed by atoms with Gasteiger partial charge in [0.2, 0.25) is 0 Å². The van der Waals surface area contributed by atoms with E-state index in [-0.39, 0.29) is 22.4 Å². The van der Waals surface area contributed by atoms with Gasteiger partial charge >= 0.3 is 0 Å². The van der Waals surface area contributed by atoms with E-state index in [1.165, 1.54) is 29.2 Å². The Morgan fingerprint density at radius 1 is 0.967 bits per heavy atom. The molecule has 0 aliphatic carbocycles. The maximum Gasteiger partial charge on any atom is 0.278 e. The first-order valence-electron chi connectivity index (χ1n) is 9.86. The highest BCUT2D eigenvalue weighted by molar-refractivity contribution is 6.36. The average molecular weight is 407 g/mol. The van der Waals surface area contributed by atoms with Gasteiger partial charge in [-0.25, -0.2) is 0 Å². The minimum absolute atomic E-state index is 0.00121. The van der Waals surface area contributed by atoms with Crippen molar-refractivity contribution in [2.75, 3.05) is 11.9 Å². The average Bonchev–Trinajstić information content (AvgIpc) is 2.92. The summed E-state index contributed by atoms with van der Waals surface area (Å²) < 4.78 is 0. The summed E-state index contributed by atoms with van der Waals surface area (Å²) in [4.78, 5) is 37.6. The van der Waals surface area contributed by atoms with Crippen molar-refractivity contribution in [1.82, 2.24) is 4.90 Å². The molecule has 7 heteroatoms. The van der Waals surface area contributed by atoms with E-state index in [9.17, 15) is 19.7 Å². The van der Waals surface area contributed by atoms with Gasteiger partial charge in [-0.15, -0.1) is 0 Å². The van der Waals surface area contributed by atoms with Gasteiger partial charge in [0.1, 0.15) is 5.70 Å². The predicted octanol–water partition coefficient (Wildman–Crippen LogP) is 4.49. The monoisotopic (exact) mass is 407 g/mol. The molecular formula is C23H25N3O4. The fourth-order valence-electron chi connectivity index (χ4n) is 3.33. The molecule has 2 amide bonds. The largest absolute Gasteiger partial charge is 0.350 e. The van der Waals surface area contributed by atoms with Crippen LogP contribution in [0.25, 0.3) is 5.57 Å². The lowest BCUT2D eigenvalue weighted by atomic mass is 9.87. The molecule has 0 aromatic heterocycles. The molecule has 7 nitrogen and oxygen atoms in total. The summed E-state index contributed by atoms with van der Waals surface area (Å²) in [5.41, 5.74) is 2.64. The highest BCUT2D eigenvalue weighted by Crippen LogP contribution is 2.32. The van der Waals surface area contributed by atoms with Gasteiger partial charge < -0.3 is 5.32 Å². The van der Waals surface area contributed by atoms with E-state index in [0.29, 0.717) is 24.2 Å². The molecule has 0 unspecified atom stereocenters. The van der Waals surface area contributed by atoms with Crippen LogP contribution in [0.15, 0.2) is 54.2 Å². The van der Waals surface area contributed by atoms with E-state index < -0.39 is 16.7 Å². The molecule has 1 aliphatic rings. The van der Waals surface area contributed by atoms with Crippen molar-refractivity contribution in [2.45, 2.75) is 39.5 Å². The molecule has 0 saturated heterocycles. The van der Waals surface area contributed by atoms with Crippen LogP contribution >= 0.6 is 0 Å². The number of nitrogens with one attached hydrogen (secondary N) is 1. The third kappa shape index (κ3) is 4.10. The van der Waals surface area contributed by atoms with Crippen LogP contribution in [0.3, 0.4) is 0 Å². The summed E-state index contributed by atoms with van der Waals surface area (Å²) in [6.45, 7) is 8.55. The number of imide groups is 1. The first kappa shape index (κ1) is 21.2. The van der Waals surface area contributed by atoms with Gasteiger partial charge in [-0.1, -0.05) is 39.8 Å². The Labute approximate surface area is 175 Å². The van der Waals surface area contributed by atoms with Crippen molar-refractivity contribution in [3.8, 4) is 0 Å². The van der Waals surface area contributed by atoms with Crippen molar-refractivity contribution in [1.29, 1.82) is 0 Å². The molecule has 0 bridgehead atoms. The number of nitrogens with zero attached hydrogens (tertiary/aromatic N) is 2. The van der Waals surface area contributed by atoms with E-state index in [4.69, 9.17) is 0 Å². The summed E-state index contributed by atoms with van der Waals surface area (Å²) >= 11 is 0. The van der Waals surface area contributed by atoms with Crippen molar-refractivity contribution in [3.05, 3.63) is 75.5 Å². The Kier molecular flexibility index (Phi) is 5.73. The number of carbonyl (C=O) groups excluding carboxylic acids is 2. The second kappa shape index (κ2) is 8.10. The Morgan fingerprint density at radius 3 is 2.07 bits per heavy atom. The zero-order valence-electron chi connectivity index (χ0n) is 17.6. The van der Waals surface area contributed by atoms with E-state index in [1.54, 1.807) is 0 Å². The number of carbonyl (C=O) groups is 2. The molecule has 2 aromatic rings. The van der Waals surface area contributed by atoms with Gasteiger partial charge in [0.05, 0.1) is 10.5 Å². The number of rotatable bonds is 6. The zero-order valence-corrected chi connectivity index (χ0v) is 17.6. The van der Waals surface area contributed by atoms with Crippen molar-refractivity contribution in [2.24, 2.45) is 0 Å². The lowest BCUT2D eigenvalue weighted by Gasteiger charge is -2.19. The second-order valence-corrected chi connectivity index (χ2v) is 8.27. The second-order valence-electron chi connectivity index (χ2n) is 8.27. The number of benzene rings is 2. The number of non-ortho nitro benzene ring substituents is 1. The lowest BCUT2D eigenvalue weighted by Crippen LogP contribution is -2.33. The SMILES string of the molecule is CCCN1C(=O)C(Nc2ccc(C(C)(C)C)cc2)=C(c2ccc([N+](=O)[O-])cc2)C1=O. The van der Waals surface area contributed by atoms with Gasteiger partial charge in [0.15, 0.2) is 0 Å². The molecule has 0 fully saturated rings. The van der Waals surface area contributed by atoms with Crippen molar-refractivity contribution >= 4 is 28.8 Å². The minimum Gasteiger partial charge on any atom is -0.350 e. The summed E-state index contributed by atoms with van der Waals surface area (Å²) in [7, 11) is 0. The molecule has 0 radical (unpaired) electrons. The molecule has 0 saturated carbocycles. The number of hydrogen-bond acceptors (Lipinski definition) is 5. The van der Waals surface area contributed by atoms with E-state index >= 15 is 0 Å².